The van der Waals surface area contributed by atoms with Gasteiger partial charge in [0, 0.05) is 5.56 Å². The van der Waals surface area contributed by atoms with Crippen LogP contribution in [-0.4, -0.2) is 26.8 Å². The van der Waals surface area contributed by atoms with Crippen LogP contribution in [0.5, 0.6) is 0 Å². The molecule has 12 heteroatoms. The molecule has 0 aliphatic rings. The summed E-state index contributed by atoms with van der Waals surface area (Å²) in [6.07, 6.45) is -1.45. The third-order valence-corrected chi connectivity index (χ3v) is 4.74. The number of nitrogens with zero attached hydrogens (tertiary/aromatic N) is 4. The molecule has 0 unspecified atom stereocenters. The second-order valence-corrected chi connectivity index (χ2v) is 7.15. The highest BCUT2D eigenvalue weighted by Gasteiger charge is 2.33. The van der Waals surface area contributed by atoms with Crippen LogP contribution in [0.3, 0.4) is 0 Å². The quantitative estimate of drug-likeness (QED) is 0.596. The molecule has 3 aromatic rings. The molecule has 2 heterocycles. The molecule has 3 rings (SSSR count). The summed E-state index contributed by atoms with van der Waals surface area (Å²) in [6, 6.07) is 8.56. The Bertz CT molecular complexity index is 1140. The number of rotatable bonds is 6. The summed E-state index contributed by atoms with van der Waals surface area (Å²) in [4.78, 5) is 34.5. The van der Waals surface area contributed by atoms with Gasteiger partial charge in [0.2, 0.25) is 11.8 Å². The van der Waals surface area contributed by atoms with E-state index >= 15 is 0 Å². The Morgan fingerprint density at radius 3 is 2.52 bits per heavy atom. The van der Waals surface area contributed by atoms with Crippen molar-refractivity contribution in [3.63, 3.8) is 0 Å². The van der Waals surface area contributed by atoms with E-state index in [1.54, 1.807) is 30.3 Å². The lowest BCUT2D eigenvalue weighted by atomic mass is 10.1. The zero-order valence-corrected chi connectivity index (χ0v) is 16.4. The van der Waals surface area contributed by atoms with Crippen molar-refractivity contribution in [2.45, 2.75) is 19.0 Å². The van der Waals surface area contributed by atoms with Crippen molar-refractivity contribution < 1.29 is 22.8 Å². The number of anilines is 2. The van der Waals surface area contributed by atoms with Crippen LogP contribution in [0.4, 0.5) is 24.1 Å². The van der Waals surface area contributed by atoms with Gasteiger partial charge in [-0.1, -0.05) is 29.5 Å². The maximum Gasteiger partial charge on any atom is 0.427 e. The second kappa shape index (κ2) is 9.31. The van der Waals surface area contributed by atoms with E-state index in [1.807, 2.05) is 0 Å². The Morgan fingerprint density at radius 1 is 1.06 bits per heavy atom. The average Bonchev–Trinajstić information content (AvgIpc) is 3.18. The van der Waals surface area contributed by atoms with Gasteiger partial charge in [-0.3, -0.25) is 14.6 Å². The van der Waals surface area contributed by atoms with Gasteiger partial charge in [0.15, 0.2) is 10.9 Å². The minimum absolute atomic E-state index is 0.0789. The summed E-state index contributed by atoms with van der Waals surface area (Å²) < 4.78 is 37.9. The van der Waals surface area contributed by atoms with E-state index in [1.165, 1.54) is 12.4 Å². The van der Waals surface area contributed by atoms with Crippen LogP contribution in [0.2, 0.25) is 0 Å². The fraction of sp³-hybridized carbons (Fsp3) is 0.158. The number of hydrogen-bond acceptors (Lipinski definition) is 7. The molecule has 158 valence electrons. The average molecular weight is 446 g/mol. The fourth-order valence-electron chi connectivity index (χ4n) is 2.45. The SMILES string of the molecule is N#CCC(=O)Nc1cnc(-c2cccc(CC(=O)Nc3ncc(C(F)(F)F)s3)c2)cn1. The molecule has 0 bridgehead atoms. The summed E-state index contributed by atoms with van der Waals surface area (Å²) in [5.74, 6) is -0.816. The lowest BCUT2D eigenvalue weighted by Crippen LogP contribution is -2.14. The Labute approximate surface area is 177 Å². The standard InChI is InChI=1S/C19H13F3N6O2S/c20-19(21,22)14-9-26-18(31-14)28-17(30)7-11-2-1-3-12(6-11)13-8-25-15(10-24-13)27-16(29)4-5-23/h1-3,6,8-10H,4,7H2,(H,25,27,29)(H,26,28,30). The van der Waals surface area contributed by atoms with E-state index in [-0.39, 0.29) is 23.8 Å². The van der Waals surface area contributed by atoms with Gasteiger partial charge >= 0.3 is 6.18 Å². The number of carbonyl (C=O) groups is 2. The van der Waals surface area contributed by atoms with Gasteiger partial charge in [-0.2, -0.15) is 18.4 Å². The molecule has 0 atom stereocenters. The molecular weight excluding hydrogens is 433 g/mol. The van der Waals surface area contributed by atoms with Crippen LogP contribution in [-0.2, 0) is 22.2 Å². The van der Waals surface area contributed by atoms with Crippen LogP contribution in [0.25, 0.3) is 11.3 Å². The number of halogens is 3. The molecule has 2 N–H and O–H groups in total. The molecule has 0 radical (unpaired) electrons. The zero-order valence-electron chi connectivity index (χ0n) is 15.6. The van der Waals surface area contributed by atoms with Gasteiger partial charge in [-0.25, -0.2) is 9.97 Å². The number of benzene rings is 1. The summed E-state index contributed by atoms with van der Waals surface area (Å²) >= 11 is 0.353. The third-order valence-electron chi connectivity index (χ3n) is 3.78. The van der Waals surface area contributed by atoms with E-state index in [4.69, 9.17) is 5.26 Å². The molecular formula is C19H13F3N6O2S. The van der Waals surface area contributed by atoms with Crippen molar-refractivity contribution >= 4 is 34.1 Å². The van der Waals surface area contributed by atoms with Gasteiger partial charge in [-0.15, -0.1) is 0 Å². The summed E-state index contributed by atoms with van der Waals surface area (Å²) in [5.41, 5.74) is 1.74. The Balaban J connectivity index is 1.65. The lowest BCUT2D eigenvalue weighted by molar-refractivity contribution is -0.134. The summed E-state index contributed by atoms with van der Waals surface area (Å²) in [7, 11) is 0. The van der Waals surface area contributed by atoms with Gasteiger partial charge in [0.05, 0.1) is 36.8 Å². The molecule has 31 heavy (non-hydrogen) atoms. The smallest absolute Gasteiger partial charge is 0.309 e. The molecule has 8 nitrogen and oxygen atoms in total. The van der Waals surface area contributed by atoms with Crippen LogP contribution in [0.15, 0.2) is 42.9 Å². The molecule has 0 aliphatic carbocycles. The minimum atomic E-state index is -4.51. The van der Waals surface area contributed by atoms with Crippen LogP contribution >= 0.6 is 11.3 Å². The lowest BCUT2D eigenvalue weighted by Gasteiger charge is -2.06. The monoisotopic (exact) mass is 446 g/mol. The van der Waals surface area contributed by atoms with Gasteiger partial charge in [-0.05, 0) is 11.6 Å². The van der Waals surface area contributed by atoms with Crippen molar-refractivity contribution in [3.05, 3.63) is 53.3 Å². The van der Waals surface area contributed by atoms with Crippen molar-refractivity contribution in [1.82, 2.24) is 15.0 Å². The largest absolute Gasteiger partial charge is 0.427 e. The molecule has 0 spiro atoms. The highest BCUT2D eigenvalue weighted by Crippen LogP contribution is 2.35. The van der Waals surface area contributed by atoms with Crippen molar-refractivity contribution in [1.29, 1.82) is 5.26 Å². The number of amides is 2. The number of aromatic nitrogens is 3. The minimum Gasteiger partial charge on any atom is -0.309 e. The van der Waals surface area contributed by atoms with Crippen LogP contribution in [0.1, 0.15) is 16.9 Å². The van der Waals surface area contributed by atoms with Crippen LogP contribution in [0, 0.1) is 11.3 Å². The maximum absolute atomic E-state index is 12.6. The molecule has 0 fully saturated rings. The molecule has 0 saturated heterocycles. The van der Waals surface area contributed by atoms with Gasteiger partial charge in [0.25, 0.3) is 0 Å². The highest BCUT2D eigenvalue weighted by molar-refractivity contribution is 7.15. The predicted octanol–water partition coefficient (Wildman–Crippen LogP) is 3.65. The molecule has 2 amide bonds. The second-order valence-electron chi connectivity index (χ2n) is 6.12. The first-order valence-electron chi connectivity index (χ1n) is 8.65. The highest BCUT2D eigenvalue weighted by atomic mass is 32.1. The number of nitrogens with one attached hydrogen (secondary N) is 2. The van der Waals surface area contributed by atoms with Crippen LogP contribution < -0.4 is 10.6 Å². The number of thiazole rings is 1. The summed E-state index contributed by atoms with van der Waals surface area (Å²) in [6.45, 7) is 0. The Kier molecular flexibility index (Phi) is 6.56. The topological polar surface area (TPSA) is 121 Å². The third kappa shape index (κ3) is 6.06. The number of hydrogen-bond donors (Lipinski definition) is 2. The predicted molar refractivity (Wildman–Crippen MR) is 106 cm³/mol. The molecule has 2 aromatic heterocycles. The first-order valence-corrected chi connectivity index (χ1v) is 9.47. The first-order chi connectivity index (χ1) is 14.7. The first kappa shape index (κ1) is 21.8. The van der Waals surface area contributed by atoms with E-state index in [0.717, 1.165) is 0 Å². The van der Waals surface area contributed by atoms with Crippen molar-refractivity contribution in [2.24, 2.45) is 0 Å². The normalized spacial score (nSPS) is 10.9. The number of carbonyl (C=O) groups excluding carboxylic acids is 2. The van der Waals surface area contributed by atoms with Crippen molar-refractivity contribution in [3.8, 4) is 17.3 Å². The van der Waals surface area contributed by atoms with Gasteiger partial charge in [0.1, 0.15) is 11.3 Å². The van der Waals surface area contributed by atoms with E-state index in [2.05, 4.69) is 25.6 Å². The Morgan fingerprint density at radius 2 is 1.87 bits per heavy atom. The molecule has 1 aromatic carbocycles. The Hall–Kier alpha value is -3.85. The van der Waals surface area contributed by atoms with Crippen molar-refractivity contribution in [2.75, 3.05) is 10.6 Å². The molecule has 0 saturated carbocycles. The molecule has 0 aliphatic heterocycles. The van der Waals surface area contributed by atoms with E-state index in [9.17, 15) is 22.8 Å². The zero-order chi connectivity index (χ0) is 22.4. The fourth-order valence-corrected chi connectivity index (χ4v) is 3.15. The number of nitriles is 1. The van der Waals surface area contributed by atoms with E-state index < -0.39 is 22.9 Å². The maximum atomic E-state index is 12.6. The summed E-state index contributed by atoms with van der Waals surface area (Å²) in [5, 5.41) is 13.1. The van der Waals surface area contributed by atoms with E-state index in [0.29, 0.717) is 34.4 Å². The number of alkyl halides is 3. The van der Waals surface area contributed by atoms with Gasteiger partial charge < -0.3 is 10.6 Å².